The number of carbonyl (C=O) groups excluding carboxylic acids is 2. The molecule has 2 aromatic rings. The normalized spacial score (nSPS) is 18.2. The van der Waals surface area contributed by atoms with Crippen LogP contribution in [0.1, 0.15) is 12.5 Å². The Kier molecular flexibility index (Phi) is 5.75. The zero-order valence-electron chi connectivity index (χ0n) is 17.2. The van der Waals surface area contributed by atoms with Crippen LogP contribution < -0.4 is 16.0 Å². The number of hydrogen-bond donors (Lipinski definition) is 2. The summed E-state index contributed by atoms with van der Waals surface area (Å²) >= 11 is 0. The lowest BCUT2D eigenvalue weighted by atomic mass is 10.0. The van der Waals surface area contributed by atoms with Crippen LogP contribution in [0.4, 0.5) is 14.9 Å². The summed E-state index contributed by atoms with van der Waals surface area (Å²) in [5, 5.41) is 2.62. The van der Waals surface area contributed by atoms with Crippen molar-refractivity contribution >= 4 is 23.6 Å². The van der Waals surface area contributed by atoms with Gasteiger partial charge in [-0.15, -0.1) is 0 Å². The number of amides is 2. The van der Waals surface area contributed by atoms with Crippen molar-refractivity contribution in [2.24, 2.45) is 10.7 Å². The molecule has 1 saturated heterocycles. The maximum Gasteiger partial charge on any atom is 0.414 e. The van der Waals surface area contributed by atoms with Crippen molar-refractivity contribution < 1.29 is 18.7 Å². The third kappa shape index (κ3) is 4.60. The first-order chi connectivity index (χ1) is 14.9. The van der Waals surface area contributed by atoms with E-state index >= 15 is 0 Å². The van der Waals surface area contributed by atoms with Gasteiger partial charge in [0.1, 0.15) is 11.9 Å². The Morgan fingerprint density at radius 1 is 1.29 bits per heavy atom. The van der Waals surface area contributed by atoms with E-state index in [1.807, 2.05) is 29.2 Å². The lowest BCUT2D eigenvalue weighted by molar-refractivity contribution is -0.119. The molecular weight excluding hydrogens is 401 g/mol. The van der Waals surface area contributed by atoms with Gasteiger partial charge in [0, 0.05) is 25.6 Å². The van der Waals surface area contributed by atoms with E-state index in [4.69, 9.17) is 10.5 Å². The zero-order valence-corrected chi connectivity index (χ0v) is 17.2. The SMILES string of the molecule is CC(=O)NC[C@H]1CN(c2ccc(-c3ccc(CN4CCN=C4N)cc3)c(F)c2)C(=O)O1. The van der Waals surface area contributed by atoms with Gasteiger partial charge in [0.05, 0.1) is 25.3 Å². The molecular formula is C22H24FN5O3. The molecule has 0 bridgehead atoms. The molecule has 3 N–H and O–H groups in total. The highest BCUT2D eigenvalue weighted by atomic mass is 19.1. The van der Waals surface area contributed by atoms with Crippen LogP contribution in [-0.4, -0.2) is 55.1 Å². The molecule has 0 spiro atoms. The first-order valence-corrected chi connectivity index (χ1v) is 10.1. The minimum atomic E-state index is -0.559. The standard InChI is InChI=1S/C22H24FN5O3/c1-14(29)26-11-18-13-28(22(30)31-18)17-6-7-19(20(23)10-17)16-4-2-15(3-5-16)12-27-9-8-25-21(27)24/h2-7,10,18H,8-9,11-13H2,1H3,(H2,24,25)(H,26,29)/t18-/m0/s1. The van der Waals surface area contributed by atoms with E-state index in [9.17, 15) is 14.0 Å². The Labute approximate surface area is 179 Å². The number of hydrogen-bond acceptors (Lipinski definition) is 6. The molecule has 0 radical (unpaired) electrons. The molecule has 2 heterocycles. The van der Waals surface area contributed by atoms with Crippen molar-refractivity contribution in [3.63, 3.8) is 0 Å². The zero-order chi connectivity index (χ0) is 22.0. The number of ether oxygens (including phenoxy) is 1. The number of cyclic esters (lactones) is 1. The molecule has 31 heavy (non-hydrogen) atoms. The molecule has 2 aromatic carbocycles. The third-order valence-electron chi connectivity index (χ3n) is 5.32. The van der Waals surface area contributed by atoms with Gasteiger partial charge in [0.25, 0.3) is 0 Å². The van der Waals surface area contributed by atoms with Crippen molar-refractivity contribution in [1.29, 1.82) is 0 Å². The number of nitrogens with two attached hydrogens (primary N) is 1. The van der Waals surface area contributed by atoms with E-state index in [1.54, 1.807) is 12.1 Å². The quantitative estimate of drug-likeness (QED) is 0.738. The monoisotopic (exact) mass is 425 g/mol. The summed E-state index contributed by atoms with van der Waals surface area (Å²) in [7, 11) is 0. The van der Waals surface area contributed by atoms with Crippen LogP contribution in [0.2, 0.25) is 0 Å². The van der Waals surface area contributed by atoms with Crippen LogP contribution in [0.5, 0.6) is 0 Å². The topological polar surface area (TPSA) is 100 Å². The summed E-state index contributed by atoms with van der Waals surface area (Å²) in [5.41, 5.74) is 8.51. The molecule has 9 heteroatoms. The van der Waals surface area contributed by atoms with Gasteiger partial charge >= 0.3 is 6.09 Å². The summed E-state index contributed by atoms with van der Waals surface area (Å²) in [6, 6.07) is 12.3. The fourth-order valence-electron chi connectivity index (χ4n) is 3.67. The number of halogens is 1. The lowest BCUT2D eigenvalue weighted by Gasteiger charge is -2.17. The van der Waals surface area contributed by atoms with Crippen LogP contribution in [0.25, 0.3) is 11.1 Å². The predicted octanol–water partition coefficient (Wildman–Crippen LogP) is 2.08. The smallest absolute Gasteiger partial charge is 0.414 e. The van der Waals surface area contributed by atoms with E-state index in [1.165, 1.54) is 17.9 Å². The highest BCUT2D eigenvalue weighted by Crippen LogP contribution is 2.29. The summed E-state index contributed by atoms with van der Waals surface area (Å²) < 4.78 is 20.1. The van der Waals surface area contributed by atoms with Crippen molar-refractivity contribution in [2.75, 3.05) is 31.1 Å². The number of nitrogens with one attached hydrogen (secondary N) is 1. The first kappa shape index (κ1) is 20.6. The number of nitrogens with zero attached hydrogens (tertiary/aromatic N) is 3. The molecule has 0 aliphatic carbocycles. The second-order valence-electron chi connectivity index (χ2n) is 7.58. The fourth-order valence-corrected chi connectivity index (χ4v) is 3.67. The maximum absolute atomic E-state index is 14.9. The van der Waals surface area contributed by atoms with Gasteiger partial charge in [-0.2, -0.15) is 0 Å². The van der Waals surface area contributed by atoms with Crippen molar-refractivity contribution in [3.8, 4) is 11.1 Å². The largest absolute Gasteiger partial charge is 0.442 e. The first-order valence-electron chi connectivity index (χ1n) is 10.1. The third-order valence-corrected chi connectivity index (χ3v) is 5.32. The Morgan fingerprint density at radius 3 is 2.71 bits per heavy atom. The van der Waals surface area contributed by atoms with Gasteiger partial charge < -0.3 is 20.7 Å². The number of aliphatic imine (C=N–C) groups is 1. The van der Waals surface area contributed by atoms with Gasteiger partial charge in [0.2, 0.25) is 5.91 Å². The van der Waals surface area contributed by atoms with Gasteiger partial charge in [-0.25, -0.2) is 9.18 Å². The van der Waals surface area contributed by atoms with Gasteiger partial charge in [-0.3, -0.25) is 14.7 Å². The summed E-state index contributed by atoms with van der Waals surface area (Å²) in [6.45, 7) is 4.03. The number of carbonyl (C=O) groups is 2. The van der Waals surface area contributed by atoms with Crippen molar-refractivity contribution in [1.82, 2.24) is 10.2 Å². The Morgan fingerprint density at radius 2 is 2.06 bits per heavy atom. The predicted molar refractivity (Wildman–Crippen MR) is 115 cm³/mol. The van der Waals surface area contributed by atoms with Crippen LogP contribution in [0.15, 0.2) is 47.5 Å². The average molecular weight is 425 g/mol. The Bertz CT molecular complexity index is 1020. The van der Waals surface area contributed by atoms with Crippen LogP contribution in [0.3, 0.4) is 0 Å². The molecule has 4 rings (SSSR count). The van der Waals surface area contributed by atoms with E-state index in [0.717, 1.165) is 17.7 Å². The molecule has 1 fully saturated rings. The van der Waals surface area contributed by atoms with E-state index in [-0.39, 0.29) is 19.0 Å². The highest BCUT2D eigenvalue weighted by Gasteiger charge is 2.32. The van der Waals surface area contributed by atoms with Gasteiger partial charge in [0.15, 0.2) is 5.96 Å². The van der Waals surface area contributed by atoms with Gasteiger partial charge in [-0.05, 0) is 29.3 Å². The van der Waals surface area contributed by atoms with Crippen LogP contribution >= 0.6 is 0 Å². The molecule has 2 amide bonds. The number of anilines is 1. The molecule has 0 unspecified atom stereocenters. The molecule has 162 valence electrons. The second kappa shape index (κ2) is 8.63. The highest BCUT2D eigenvalue weighted by molar-refractivity contribution is 5.90. The summed E-state index contributed by atoms with van der Waals surface area (Å²) in [4.78, 5) is 30.7. The Balaban J connectivity index is 1.44. The number of guanidine groups is 1. The molecule has 0 aromatic heterocycles. The van der Waals surface area contributed by atoms with Gasteiger partial charge in [-0.1, -0.05) is 24.3 Å². The second-order valence-corrected chi connectivity index (χ2v) is 7.58. The van der Waals surface area contributed by atoms with Crippen LogP contribution in [-0.2, 0) is 16.1 Å². The summed E-state index contributed by atoms with van der Waals surface area (Å²) in [5.74, 6) is -0.0855. The maximum atomic E-state index is 14.9. The van der Waals surface area contributed by atoms with Crippen LogP contribution in [0, 0.1) is 5.82 Å². The minimum absolute atomic E-state index is 0.201. The number of benzene rings is 2. The molecule has 8 nitrogen and oxygen atoms in total. The number of rotatable bonds is 6. The molecule has 1 atom stereocenters. The van der Waals surface area contributed by atoms with Crippen molar-refractivity contribution in [3.05, 3.63) is 53.8 Å². The summed E-state index contributed by atoms with van der Waals surface area (Å²) in [6.07, 6.45) is -1.03. The fraction of sp³-hybridized carbons (Fsp3) is 0.318. The van der Waals surface area contributed by atoms with E-state index in [0.29, 0.717) is 30.3 Å². The van der Waals surface area contributed by atoms with Crippen molar-refractivity contribution in [2.45, 2.75) is 19.6 Å². The lowest BCUT2D eigenvalue weighted by Crippen LogP contribution is -2.33. The molecule has 0 saturated carbocycles. The molecule has 2 aliphatic heterocycles. The van der Waals surface area contributed by atoms with E-state index < -0.39 is 18.0 Å². The average Bonchev–Trinajstić information content (AvgIpc) is 3.32. The Hall–Kier alpha value is -3.62. The molecule has 2 aliphatic rings. The van der Waals surface area contributed by atoms with E-state index in [2.05, 4.69) is 10.3 Å². The minimum Gasteiger partial charge on any atom is -0.442 e.